The van der Waals surface area contributed by atoms with Gasteiger partial charge in [0.2, 0.25) is 0 Å². The topological polar surface area (TPSA) is 84.2 Å². The Morgan fingerprint density at radius 1 is 1.25 bits per heavy atom. The van der Waals surface area contributed by atoms with E-state index in [0.717, 1.165) is 12.0 Å². The van der Waals surface area contributed by atoms with Crippen LogP contribution in [0.5, 0.6) is 0 Å². The van der Waals surface area contributed by atoms with E-state index in [9.17, 15) is 8.42 Å². The number of sulfone groups is 1. The monoisotopic (exact) mass is 241 g/mol. The summed E-state index contributed by atoms with van der Waals surface area (Å²) in [6.45, 7) is 0. The van der Waals surface area contributed by atoms with Gasteiger partial charge in [-0.1, -0.05) is 12.1 Å². The van der Waals surface area contributed by atoms with E-state index in [4.69, 9.17) is 5.73 Å². The molecule has 6 heteroatoms. The number of nitrogens with two attached hydrogens (primary N) is 1. The van der Waals surface area contributed by atoms with Crippen molar-refractivity contribution < 1.29 is 8.42 Å². The minimum Gasteiger partial charge on any atom is -0.315 e. The lowest BCUT2D eigenvalue weighted by atomic mass is 10.1. The molecule has 2 unspecified atom stereocenters. The molecule has 0 aromatic heterocycles. The van der Waals surface area contributed by atoms with Crippen molar-refractivity contribution >= 4 is 9.84 Å². The van der Waals surface area contributed by atoms with Crippen molar-refractivity contribution in [1.82, 2.24) is 10.9 Å². The van der Waals surface area contributed by atoms with E-state index in [-0.39, 0.29) is 12.2 Å². The maximum absolute atomic E-state index is 11.3. The molecule has 1 saturated heterocycles. The van der Waals surface area contributed by atoms with Gasteiger partial charge < -0.3 is 5.73 Å². The number of hydrazine groups is 1. The highest BCUT2D eigenvalue weighted by atomic mass is 32.2. The number of benzene rings is 1. The van der Waals surface area contributed by atoms with Gasteiger partial charge in [0.05, 0.1) is 11.1 Å². The molecule has 0 spiro atoms. The Morgan fingerprint density at radius 3 is 2.31 bits per heavy atom. The Labute approximate surface area is 94.9 Å². The molecule has 4 N–H and O–H groups in total. The number of hydrogen-bond donors (Lipinski definition) is 3. The standard InChI is InChI=1S/C10H15N3O2S/c1-16(14,15)8-4-2-7(3-5-8)9-6-10(11)13-12-9/h2-5,9-10,12-13H,6,11H2,1H3. The van der Waals surface area contributed by atoms with E-state index in [0.29, 0.717) is 4.90 Å². The molecular weight excluding hydrogens is 226 g/mol. The highest BCUT2D eigenvalue weighted by molar-refractivity contribution is 7.90. The van der Waals surface area contributed by atoms with Crippen LogP contribution in [0.2, 0.25) is 0 Å². The molecule has 2 rings (SSSR count). The van der Waals surface area contributed by atoms with Gasteiger partial charge in [0.1, 0.15) is 0 Å². The second-order valence-corrected chi connectivity index (χ2v) is 6.04. The minimum absolute atomic E-state index is 0.0559. The Hall–Kier alpha value is -0.950. The molecule has 16 heavy (non-hydrogen) atoms. The van der Waals surface area contributed by atoms with Gasteiger partial charge in [-0.2, -0.15) is 0 Å². The minimum atomic E-state index is -3.11. The molecule has 1 aliphatic rings. The molecule has 0 radical (unpaired) electrons. The van der Waals surface area contributed by atoms with E-state index in [1.54, 1.807) is 12.1 Å². The van der Waals surface area contributed by atoms with E-state index >= 15 is 0 Å². The highest BCUT2D eigenvalue weighted by Gasteiger charge is 2.22. The smallest absolute Gasteiger partial charge is 0.175 e. The average Bonchev–Trinajstić information content (AvgIpc) is 2.64. The van der Waals surface area contributed by atoms with Crippen molar-refractivity contribution in [3.8, 4) is 0 Å². The summed E-state index contributed by atoms with van der Waals surface area (Å²) in [7, 11) is -3.11. The molecule has 5 nitrogen and oxygen atoms in total. The average molecular weight is 241 g/mol. The molecular formula is C10H15N3O2S. The molecule has 1 heterocycles. The van der Waals surface area contributed by atoms with Gasteiger partial charge in [-0.3, -0.25) is 0 Å². The zero-order chi connectivity index (χ0) is 11.8. The first-order chi connectivity index (χ1) is 7.47. The molecule has 0 amide bonds. The second-order valence-electron chi connectivity index (χ2n) is 4.02. The summed E-state index contributed by atoms with van der Waals surface area (Å²) in [6.07, 6.45) is 1.94. The molecule has 2 atom stereocenters. The number of rotatable bonds is 2. The fourth-order valence-corrected chi connectivity index (χ4v) is 2.38. The molecule has 88 valence electrons. The maximum atomic E-state index is 11.3. The summed E-state index contributed by atoms with van der Waals surface area (Å²) in [6, 6.07) is 7.01. The van der Waals surface area contributed by atoms with Gasteiger partial charge in [-0.05, 0) is 24.1 Å². The van der Waals surface area contributed by atoms with Crippen LogP contribution < -0.4 is 16.6 Å². The Morgan fingerprint density at radius 2 is 1.88 bits per heavy atom. The zero-order valence-corrected chi connectivity index (χ0v) is 9.79. The van der Waals surface area contributed by atoms with E-state index in [2.05, 4.69) is 10.9 Å². The zero-order valence-electron chi connectivity index (χ0n) is 8.97. The molecule has 1 aliphatic heterocycles. The third-order valence-corrected chi connectivity index (χ3v) is 3.77. The highest BCUT2D eigenvalue weighted by Crippen LogP contribution is 2.21. The van der Waals surface area contributed by atoms with Crippen LogP contribution in [0.1, 0.15) is 18.0 Å². The SMILES string of the molecule is CS(=O)(=O)c1ccc(C2CC(N)NN2)cc1. The molecule has 0 bridgehead atoms. The van der Waals surface area contributed by atoms with Crippen LogP contribution >= 0.6 is 0 Å². The molecule has 0 aliphatic carbocycles. The summed E-state index contributed by atoms with van der Waals surface area (Å²) in [5.74, 6) is 0. The van der Waals surface area contributed by atoms with Crippen molar-refractivity contribution in [2.45, 2.75) is 23.5 Å². The van der Waals surface area contributed by atoms with E-state index in [1.807, 2.05) is 12.1 Å². The first kappa shape index (κ1) is 11.5. The van der Waals surface area contributed by atoms with Gasteiger partial charge in [0.25, 0.3) is 0 Å². The lowest BCUT2D eigenvalue weighted by Gasteiger charge is -2.09. The number of nitrogens with one attached hydrogen (secondary N) is 2. The fourth-order valence-electron chi connectivity index (χ4n) is 1.75. The van der Waals surface area contributed by atoms with Gasteiger partial charge in [0.15, 0.2) is 9.84 Å². The maximum Gasteiger partial charge on any atom is 0.175 e. The largest absolute Gasteiger partial charge is 0.315 e. The van der Waals surface area contributed by atoms with Crippen molar-refractivity contribution in [1.29, 1.82) is 0 Å². The van der Waals surface area contributed by atoms with Gasteiger partial charge >= 0.3 is 0 Å². The molecule has 1 aromatic carbocycles. The first-order valence-electron chi connectivity index (χ1n) is 5.03. The van der Waals surface area contributed by atoms with Crippen molar-refractivity contribution in [2.75, 3.05) is 6.26 Å². The first-order valence-corrected chi connectivity index (χ1v) is 6.92. The van der Waals surface area contributed by atoms with Crippen LogP contribution in [0.15, 0.2) is 29.2 Å². The summed E-state index contributed by atoms with van der Waals surface area (Å²) in [4.78, 5) is 0.339. The van der Waals surface area contributed by atoms with Crippen LogP contribution in [-0.2, 0) is 9.84 Å². The van der Waals surface area contributed by atoms with Gasteiger partial charge in [0, 0.05) is 12.3 Å². The third kappa shape index (κ3) is 2.41. The summed E-state index contributed by atoms with van der Waals surface area (Å²) in [5.41, 5.74) is 12.7. The van der Waals surface area contributed by atoms with Crippen molar-refractivity contribution in [2.24, 2.45) is 5.73 Å². The number of hydrogen-bond acceptors (Lipinski definition) is 5. The summed E-state index contributed by atoms with van der Waals surface area (Å²) < 4.78 is 22.5. The predicted molar refractivity (Wildman–Crippen MR) is 61.2 cm³/mol. The van der Waals surface area contributed by atoms with Gasteiger partial charge in [-0.15, -0.1) is 0 Å². The molecule has 1 fully saturated rings. The van der Waals surface area contributed by atoms with Crippen molar-refractivity contribution in [3.63, 3.8) is 0 Å². The Bertz CT molecular complexity index is 469. The quantitative estimate of drug-likeness (QED) is 0.674. The molecule has 0 saturated carbocycles. The Kier molecular flexibility index (Phi) is 2.98. The fraction of sp³-hybridized carbons (Fsp3) is 0.400. The third-order valence-electron chi connectivity index (χ3n) is 2.64. The van der Waals surface area contributed by atoms with Crippen LogP contribution in [0.3, 0.4) is 0 Å². The summed E-state index contributed by atoms with van der Waals surface area (Å²) in [5, 5.41) is 0. The molecule has 1 aromatic rings. The van der Waals surface area contributed by atoms with Crippen molar-refractivity contribution in [3.05, 3.63) is 29.8 Å². The van der Waals surface area contributed by atoms with Crippen LogP contribution in [0.4, 0.5) is 0 Å². The van der Waals surface area contributed by atoms with Crippen LogP contribution in [-0.4, -0.2) is 20.8 Å². The van der Waals surface area contributed by atoms with Crippen LogP contribution in [0, 0.1) is 0 Å². The Balaban J connectivity index is 2.20. The van der Waals surface area contributed by atoms with Gasteiger partial charge in [-0.25, -0.2) is 19.3 Å². The van der Waals surface area contributed by atoms with E-state index in [1.165, 1.54) is 6.26 Å². The predicted octanol–water partition coefficient (Wildman–Crippen LogP) is -0.0861. The van der Waals surface area contributed by atoms with Crippen LogP contribution in [0.25, 0.3) is 0 Å². The van der Waals surface area contributed by atoms with E-state index < -0.39 is 9.84 Å². The lowest BCUT2D eigenvalue weighted by Crippen LogP contribution is -2.36. The lowest BCUT2D eigenvalue weighted by molar-refractivity contribution is 0.551. The second kappa shape index (κ2) is 4.14. The normalized spacial score (nSPS) is 25.9. The summed E-state index contributed by atoms with van der Waals surface area (Å²) >= 11 is 0.